The number of piperazine rings is 1. The van der Waals surface area contributed by atoms with Crippen LogP contribution in [-0.2, 0) is 10.0 Å². The van der Waals surface area contributed by atoms with E-state index in [4.69, 9.17) is 0 Å². The molecule has 1 aliphatic rings. The van der Waals surface area contributed by atoms with Crippen molar-refractivity contribution in [1.82, 2.24) is 9.21 Å². The Morgan fingerprint density at radius 2 is 1.86 bits per heavy atom. The molecule has 0 saturated carbocycles. The van der Waals surface area contributed by atoms with Gasteiger partial charge in [-0.05, 0) is 44.7 Å². The first kappa shape index (κ1) is 16.3. The highest BCUT2D eigenvalue weighted by atomic mass is 32.2. The quantitative estimate of drug-likeness (QED) is 0.901. The lowest BCUT2D eigenvalue weighted by Gasteiger charge is -2.38. The largest absolute Gasteiger partial charge is 0.385 e. The topological polar surface area (TPSA) is 52.7 Å². The van der Waals surface area contributed by atoms with Crippen LogP contribution in [0, 0.1) is 0 Å². The third-order valence-electron chi connectivity index (χ3n) is 4.08. The molecule has 1 aromatic carbocycles. The van der Waals surface area contributed by atoms with Gasteiger partial charge in [-0.3, -0.25) is 0 Å². The van der Waals surface area contributed by atoms with Crippen LogP contribution in [0.1, 0.15) is 20.3 Å². The second-order valence-electron chi connectivity index (χ2n) is 5.46. The molecule has 0 spiro atoms. The zero-order valence-corrected chi connectivity index (χ0v) is 13.9. The van der Waals surface area contributed by atoms with Crippen LogP contribution in [0.15, 0.2) is 29.2 Å². The Morgan fingerprint density at radius 1 is 1.19 bits per heavy atom. The summed E-state index contributed by atoms with van der Waals surface area (Å²) >= 11 is 0. The van der Waals surface area contributed by atoms with E-state index in [1.165, 1.54) is 0 Å². The van der Waals surface area contributed by atoms with Gasteiger partial charge in [0.2, 0.25) is 10.0 Å². The lowest BCUT2D eigenvalue weighted by Crippen LogP contribution is -2.52. The Hall–Kier alpha value is -1.11. The molecule has 5 nitrogen and oxygen atoms in total. The van der Waals surface area contributed by atoms with Gasteiger partial charge < -0.3 is 10.2 Å². The van der Waals surface area contributed by atoms with E-state index in [1.54, 1.807) is 16.4 Å². The Bertz CT molecular complexity index is 557. The zero-order chi connectivity index (χ0) is 15.5. The minimum atomic E-state index is -3.38. The predicted octanol–water partition coefficient (Wildman–Crippen LogP) is 1.83. The molecule has 1 aliphatic heterocycles. The Kier molecular flexibility index (Phi) is 5.24. The number of sulfonamides is 1. The average Bonchev–Trinajstić information content (AvgIpc) is 2.48. The third-order valence-corrected chi connectivity index (χ3v) is 5.96. The standard InChI is InChI=1S/C15H25N3O2S/c1-4-14-12-18(11-10-17(14)3)21(19,20)15-8-6-13(7-9-15)16-5-2/h6-9,14,16H,4-5,10-12H2,1-3H3. The van der Waals surface area contributed by atoms with Gasteiger partial charge in [-0.15, -0.1) is 0 Å². The van der Waals surface area contributed by atoms with Crippen LogP contribution >= 0.6 is 0 Å². The first-order valence-electron chi connectivity index (χ1n) is 7.53. The number of nitrogens with one attached hydrogen (secondary N) is 1. The van der Waals surface area contributed by atoms with Crippen molar-refractivity contribution >= 4 is 15.7 Å². The Labute approximate surface area is 128 Å². The molecule has 0 bridgehead atoms. The van der Waals surface area contributed by atoms with E-state index < -0.39 is 10.0 Å². The molecule has 1 unspecified atom stereocenters. The van der Waals surface area contributed by atoms with Crippen molar-refractivity contribution in [3.8, 4) is 0 Å². The summed E-state index contributed by atoms with van der Waals surface area (Å²) in [6.45, 7) is 6.85. The van der Waals surface area contributed by atoms with E-state index in [9.17, 15) is 8.42 Å². The highest BCUT2D eigenvalue weighted by Crippen LogP contribution is 2.22. The molecule has 1 N–H and O–H groups in total. The molecule has 0 amide bonds. The zero-order valence-electron chi connectivity index (χ0n) is 13.0. The van der Waals surface area contributed by atoms with Gasteiger partial charge in [0.1, 0.15) is 0 Å². The van der Waals surface area contributed by atoms with E-state index in [0.717, 1.165) is 25.2 Å². The normalized spacial score (nSPS) is 21.4. The van der Waals surface area contributed by atoms with Gasteiger partial charge >= 0.3 is 0 Å². The summed E-state index contributed by atoms with van der Waals surface area (Å²) in [5, 5.41) is 3.17. The third kappa shape index (κ3) is 3.56. The number of hydrogen-bond acceptors (Lipinski definition) is 4. The molecule has 2 rings (SSSR count). The summed E-state index contributed by atoms with van der Waals surface area (Å²) in [6, 6.07) is 7.32. The van der Waals surface area contributed by atoms with Gasteiger partial charge in [0.05, 0.1) is 4.90 Å². The number of nitrogens with zero attached hydrogens (tertiary/aromatic N) is 2. The number of anilines is 1. The van der Waals surface area contributed by atoms with E-state index >= 15 is 0 Å². The summed E-state index contributed by atoms with van der Waals surface area (Å²) in [5.74, 6) is 0. The Balaban J connectivity index is 2.17. The van der Waals surface area contributed by atoms with Gasteiger partial charge in [-0.2, -0.15) is 4.31 Å². The maximum absolute atomic E-state index is 12.7. The molecule has 1 saturated heterocycles. The van der Waals surface area contributed by atoms with Crippen molar-refractivity contribution in [2.24, 2.45) is 0 Å². The van der Waals surface area contributed by atoms with Gasteiger partial charge in [-0.1, -0.05) is 6.92 Å². The van der Waals surface area contributed by atoms with Gasteiger partial charge in [0, 0.05) is 37.9 Å². The second kappa shape index (κ2) is 6.77. The molecule has 1 atom stereocenters. The van der Waals surface area contributed by atoms with Gasteiger partial charge in [0.25, 0.3) is 0 Å². The fourth-order valence-electron chi connectivity index (χ4n) is 2.67. The van der Waals surface area contributed by atoms with Crippen LogP contribution in [0.2, 0.25) is 0 Å². The molecular formula is C15H25N3O2S. The molecule has 1 aromatic rings. The van der Waals surface area contributed by atoms with Crippen molar-refractivity contribution in [1.29, 1.82) is 0 Å². The molecule has 1 fully saturated rings. The highest BCUT2D eigenvalue weighted by Gasteiger charge is 2.31. The van der Waals surface area contributed by atoms with E-state index in [0.29, 0.717) is 24.0 Å². The van der Waals surface area contributed by atoms with Crippen LogP contribution in [0.5, 0.6) is 0 Å². The summed E-state index contributed by atoms with van der Waals surface area (Å²) in [6.07, 6.45) is 0.960. The van der Waals surface area contributed by atoms with Crippen LogP contribution in [0.3, 0.4) is 0 Å². The molecule has 0 radical (unpaired) electrons. The minimum absolute atomic E-state index is 0.301. The van der Waals surface area contributed by atoms with Crippen LogP contribution in [0.25, 0.3) is 0 Å². The van der Waals surface area contributed by atoms with Crippen molar-refractivity contribution in [3.63, 3.8) is 0 Å². The molecule has 21 heavy (non-hydrogen) atoms. The molecule has 1 heterocycles. The summed E-state index contributed by atoms with van der Waals surface area (Å²) in [5.41, 5.74) is 0.946. The first-order valence-corrected chi connectivity index (χ1v) is 8.97. The van der Waals surface area contributed by atoms with E-state index in [-0.39, 0.29) is 0 Å². The summed E-state index contributed by atoms with van der Waals surface area (Å²) in [7, 11) is -1.32. The van der Waals surface area contributed by atoms with Crippen molar-refractivity contribution < 1.29 is 8.42 Å². The lowest BCUT2D eigenvalue weighted by molar-refractivity contribution is 0.144. The molecule has 118 valence electrons. The van der Waals surface area contributed by atoms with Crippen LogP contribution in [0.4, 0.5) is 5.69 Å². The monoisotopic (exact) mass is 311 g/mol. The van der Waals surface area contributed by atoms with Crippen molar-refractivity contribution in [3.05, 3.63) is 24.3 Å². The van der Waals surface area contributed by atoms with Gasteiger partial charge in [-0.25, -0.2) is 8.42 Å². The van der Waals surface area contributed by atoms with Crippen LogP contribution in [-0.4, -0.2) is 56.9 Å². The molecular weight excluding hydrogens is 286 g/mol. The molecule has 0 aliphatic carbocycles. The second-order valence-corrected chi connectivity index (χ2v) is 7.40. The van der Waals surface area contributed by atoms with E-state index in [1.807, 2.05) is 19.1 Å². The first-order chi connectivity index (χ1) is 9.98. The fourth-order valence-corrected chi connectivity index (χ4v) is 4.14. The number of likely N-dealkylation sites (N-methyl/N-ethyl adjacent to an activating group) is 1. The van der Waals surface area contributed by atoms with Crippen molar-refractivity contribution in [2.45, 2.75) is 31.2 Å². The minimum Gasteiger partial charge on any atom is -0.385 e. The number of rotatable bonds is 5. The highest BCUT2D eigenvalue weighted by molar-refractivity contribution is 7.89. The molecule has 0 aromatic heterocycles. The smallest absolute Gasteiger partial charge is 0.243 e. The fraction of sp³-hybridized carbons (Fsp3) is 0.600. The number of hydrogen-bond donors (Lipinski definition) is 1. The predicted molar refractivity (Wildman–Crippen MR) is 86.1 cm³/mol. The summed E-state index contributed by atoms with van der Waals surface area (Å²) < 4.78 is 27.0. The maximum atomic E-state index is 12.7. The molecule has 6 heteroatoms. The van der Waals surface area contributed by atoms with E-state index in [2.05, 4.69) is 24.2 Å². The Morgan fingerprint density at radius 3 is 2.43 bits per heavy atom. The SMILES string of the molecule is CCNc1ccc(S(=O)(=O)N2CCN(C)C(CC)C2)cc1. The number of benzene rings is 1. The summed E-state index contributed by atoms with van der Waals surface area (Å²) in [4.78, 5) is 2.61. The van der Waals surface area contributed by atoms with Gasteiger partial charge in [0.15, 0.2) is 0 Å². The average molecular weight is 311 g/mol. The lowest BCUT2D eigenvalue weighted by atomic mass is 10.1. The van der Waals surface area contributed by atoms with Crippen molar-refractivity contribution in [2.75, 3.05) is 38.5 Å². The van der Waals surface area contributed by atoms with Crippen LogP contribution < -0.4 is 5.32 Å². The maximum Gasteiger partial charge on any atom is 0.243 e.